The van der Waals surface area contributed by atoms with Crippen LogP contribution in [0.25, 0.3) is 22.2 Å². The van der Waals surface area contributed by atoms with Gasteiger partial charge in [-0.15, -0.1) is 0 Å². The normalized spacial score (nSPS) is 11.1. The first-order valence-corrected chi connectivity index (χ1v) is 6.63. The van der Waals surface area contributed by atoms with E-state index < -0.39 is 0 Å². The molecule has 3 aromatic rings. The molecular weight excluding hydrogens is 306 g/mol. The Balaban J connectivity index is 2.33. The van der Waals surface area contributed by atoms with Crippen molar-refractivity contribution in [2.45, 2.75) is 0 Å². The highest BCUT2D eigenvalue weighted by molar-refractivity contribution is 9.10. The molecule has 4 nitrogen and oxygen atoms in total. The Morgan fingerprint density at radius 2 is 2.00 bits per heavy atom. The van der Waals surface area contributed by atoms with Crippen molar-refractivity contribution in [1.82, 2.24) is 14.1 Å². The van der Waals surface area contributed by atoms with Crippen LogP contribution in [0.15, 0.2) is 46.1 Å². The average Bonchev–Trinajstić information content (AvgIpc) is 2.70. The summed E-state index contributed by atoms with van der Waals surface area (Å²) in [7, 11) is 3.70. The van der Waals surface area contributed by atoms with Crippen molar-refractivity contribution < 1.29 is 0 Å². The Kier molecular flexibility index (Phi) is 2.78. The molecule has 96 valence electrons. The molecule has 3 heterocycles. The van der Waals surface area contributed by atoms with Crippen molar-refractivity contribution >= 4 is 27.0 Å². The van der Waals surface area contributed by atoms with Crippen LogP contribution in [0.2, 0.25) is 0 Å². The van der Waals surface area contributed by atoms with Gasteiger partial charge in [-0.25, -0.2) is 4.98 Å². The average molecular weight is 318 g/mol. The molecule has 0 atom stereocenters. The van der Waals surface area contributed by atoms with E-state index in [1.165, 1.54) is 0 Å². The highest BCUT2D eigenvalue weighted by Gasteiger charge is 2.10. The van der Waals surface area contributed by atoms with Crippen molar-refractivity contribution in [3.05, 3.63) is 51.6 Å². The number of hydrogen-bond acceptors (Lipinski definition) is 2. The fourth-order valence-electron chi connectivity index (χ4n) is 2.18. The van der Waals surface area contributed by atoms with E-state index in [9.17, 15) is 4.79 Å². The SMILES string of the molecule is Cn1ccc(-c2cn(C)c3ncc(Br)cc23)cc1=O. The van der Waals surface area contributed by atoms with Crippen LogP contribution in [0.1, 0.15) is 0 Å². The lowest BCUT2D eigenvalue weighted by molar-refractivity contribution is 0.861. The molecule has 0 bridgehead atoms. The molecule has 19 heavy (non-hydrogen) atoms. The van der Waals surface area contributed by atoms with E-state index >= 15 is 0 Å². The van der Waals surface area contributed by atoms with Gasteiger partial charge in [0.05, 0.1) is 0 Å². The van der Waals surface area contributed by atoms with Gasteiger partial charge < -0.3 is 9.13 Å². The van der Waals surface area contributed by atoms with Crippen molar-refractivity contribution in [3.8, 4) is 11.1 Å². The minimum absolute atomic E-state index is 0.0162. The molecule has 0 amide bonds. The van der Waals surface area contributed by atoms with Gasteiger partial charge in [-0.3, -0.25) is 4.79 Å². The molecule has 0 aliphatic rings. The van der Waals surface area contributed by atoms with Crippen LogP contribution in [-0.2, 0) is 14.1 Å². The number of nitrogens with zero attached hydrogens (tertiary/aromatic N) is 3. The quantitative estimate of drug-likeness (QED) is 0.692. The number of aryl methyl sites for hydroxylation is 2. The lowest BCUT2D eigenvalue weighted by Gasteiger charge is -2.01. The Bertz CT molecular complexity index is 832. The first kappa shape index (κ1) is 12.2. The number of rotatable bonds is 1. The molecule has 0 fully saturated rings. The van der Waals surface area contributed by atoms with E-state index in [0.717, 1.165) is 26.6 Å². The van der Waals surface area contributed by atoms with Gasteiger partial charge in [0.2, 0.25) is 0 Å². The summed E-state index contributed by atoms with van der Waals surface area (Å²) in [4.78, 5) is 16.2. The topological polar surface area (TPSA) is 39.8 Å². The summed E-state index contributed by atoms with van der Waals surface area (Å²) in [5, 5.41) is 1.03. The summed E-state index contributed by atoms with van der Waals surface area (Å²) in [6.45, 7) is 0. The fourth-order valence-corrected chi connectivity index (χ4v) is 2.51. The molecule has 3 rings (SSSR count). The molecule has 5 heteroatoms. The van der Waals surface area contributed by atoms with Crippen molar-refractivity contribution in [1.29, 1.82) is 0 Å². The van der Waals surface area contributed by atoms with Crippen LogP contribution < -0.4 is 5.56 Å². The van der Waals surface area contributed by atoms with Gasteiger partial charge in [0, 0.05) is 54.2 Å². The van der Waals surface area contributed by atoms with E-state index in [2.05, 4.69) is 20.9 Å². The predicted molar refractivity (Wildman–Crippen MR) is 79.1 cm³/mol. The van der Waals surface area contributed by atoms with Crippen LogP contribution >= 0.6 is 15.9 Å². The molecule has 0 saturated carbocycles. The molecular formula is C14H12BrN3O. The van der Waals surface area contributed by atoms with Gasteiger partial charge in [0.25, 0.3) is 5.56 Å². The van der Waals surface area contributed by atoms with E-state index in [4.69, 9.17) is 0 Å². The molecule has 0 N–H and O–H groups in total. The first-order chi connectivity index (χ1) is 9.06. The van der Waals surface area contributed by atoms with Crippen LogP contribution in [-0.4, -0.2) is 14.1 Å². The lowest BCUT2D eigenvalue weighted by atomic mass is 10.1. The van der Waals surface area contributed by atoms with Gasteiger partial charge in [0.1, 0.15) is 5.65 Å². The molecule has 0 aromatic carbocycles. The zero-order chi connectivity index (χ0) is 13.6. The molecule has 0 radical (unpaired) electrons. The summed E-state index contributed by atoms with van der Waals surface area (Å²) in [6, 6.07) is 5.61. The monoisotopic (exact) mass is 317 g/mol. The van der Waals surface area contributed by atoms with E-state index in [-0.39, 0.29) is 5.56 Å². The molecule has 0 saturated heterocycles. The summed E-state index contributed by atoms with van der Waals surface area (Å²) in [5.41, 5.74) is 2.81. The van der Waals surface area contributed by atoms with E-state index in [0.29, 0.717) is 0 Å². The van der Waals surface area contributed by atoms with Gasteiger partial charge in [-0.1, -0.05) is 0 Å². The lowest BCUT2D eigenvalue weighted by Crippen LogP contribution is -2.13. The van der Waals surface area contributed by atoms with Crippen molar-refractivity contribution in [2.75, 3.05) is 0 Å². The van der Waals surface area contributed by atoms with Gasteiger partial charge in [-0.2, -0.15) is 0 Å². The number of fused-ring (bicyclic) bond motifs is 1. The van der Waals surface area contributed by atoms with E-state index in [1.807, 2.05) is 29.9 Å². The number of hydrogen-bond donors (Lipinski definition) is 0. The molecule has 3 aromatic heterocycles. The van der Waals surface area contributed by atoms with Gasteiger partial charge >= 0.3 is 0 Å². The van der Waals surface area contributed by atoms with Gasteiger partial charge in [-0.05, 0) is 33.6 Å². The summed E-state index contributed by atoms with van der Waals surface area (Å²) in [6.07, 6.45) is 5.55. The standard InChI is InChI=1S/C14H12BrN3O/c1-17-4-3-9(5-13(17)19)12-8-18(2)14-11(12)6-10(15)7-16-14/h3-8H,1-2H3. The smallest absolute Gasteiger partial charge is 0.250 e. The van der Waals surface area contributed by atoms with Crippen molar-refractivity contribution in [2.24, 2.45) is 14.1 Å². The number of pyridine rings is 2. The summed E-state index contributed by atoms with van der Waals surface area (Å²) in [5.74, 6) is 0. The Labute approximate surface area is 118 Å². The minimum atomic E-state index is -0.0162. The third-order valence-electron chi connectivity index (χ3n) is 3.20. The zero-order valence-corrected chi connectivity index (χ0v) is 12.2. The number of aromatic nitrogens is 3. The van der Waals surface area contributed by atoms with E-state index in [1.54, 1.807) is 30.1 Å². The number of halogens is 1. The van der Waals surface area contributed by atoms with Crippen LogP contribution in [0.5, 0.6) is 0 Å². The summed E-state index contributed by atoms with van der Waals surface area (Å²) < 4.78 is 4.45. The zero-order valence-electron chi connectivity index (χ0n) is 10.6. The Hall–Kier alpha value is -1.88. The summed E-state index contributed by atoms with van der Waals surface area (Å²) >= 11 is 3.44. The second-order valence-corrected chi connectivity index (χ2v) is 5.46. The van der Waals surface area contributed by atoms with Crippen LogP contribution in [0, 0.1) is 0 Å². The second-order valence-electron chi connectivity index (χ2n) is 4.54. The van der Waals surface area contributed by atoms with Crippen LogP contribution in [0.4, 0.5) is 0 Å². The second kappa shape index (κ2) is 4.35. The third-order valence-corrected chi connectivity index (χ3v) is 3.63. The maximum absolute atomic E-state index is 11.8. The molecule has 0 aliphatic carbocycles. The van der Waals surface area contributed by atoms with Gasteiger partial charge in [0.15, 0.2) is 0 Å². The Morgan fingerprint density at radius 1 is 1.21 bits per heavy atom. The maximum atomic E-state index is 11.8. The molecule has 0 aliphatic heterocycles. The fraction of sp³-hybridized carbons (Fsp3) is 0.143. The molecule has 0 unspecified atom stereocenters. The molecule has 0 spiro atoms. The predicted octanol–water partition coefficient (Wildman–Crippen LogP) is 2.70. The minimum Gasteiger partial charge on any atom is -0.335 e. The Morgan fingerprint density at radius 3 is 2.74 bits per heavy atom. The van der Waals surface area contributed by atoms with Crippen LogP contribution in [0.3, 0.4) is 0 Å². The largest absolute Gasteiger partial charge is 0.335 e. The van der Waals surface area contributed by atoms with Crippen molar-refractivity contribution in [3.63, 3.8) is 0 Å². The highest BCUT2D eigenvalue weighted by Crippen LogP contribution is 2.29. The maximum Gasteiger partial charge on any atom is 0.250 e. The highest BCUT2D eigenvalue weighted by atomic mass is 79.9. The third kappa shape index (κ3) is 2.00. The first-order valence-electron chi connectivity index (χ1n) is 5.84.